The molecule has 1 fully saturated rings. The molecule has 1 aromatic heterocycles. The first kappa shape index (κ1) is 29.2. The van der Waals surface area contributed by atoms with E-state index in [9.17, 15) is 13.5 Å². The molecule has 0 bridgehead atoms. The lowest BCUT2D eigenvalue weighted by Crippen LogP contribution is -2.31. The Bertz CT molecular complexity index is 1830. The van der Waals surface area contributed by atoms with Gasteiger partial charge in [0.1, 0.15) is 4.90 Å². The Morgan fingerprint density at radius 2 is 1.70 bits per heavy atom. The number of aromatic nitrogens is 1. The number of nitrogens with two attached hydrogens (primary N) is 1. The number of aliphatic hydroxyl groups excluding tert-OH is 1. The van der Waals surface area contributed by atoms with Crippen molar-refractivity contribution in [3.8, 4) is 0 Å². The molecule has 4 aromatic carbocycles. The zero-order valence-corrected chi connectivity index (χ0v) is 24.8. The van der Waals surface area contributed by atoms with Gasteiger partial charge in [-0.05, 0) is 47.5 Å². The van der Waals surface area contributed by atoms with E-state index in [1.54, 1.807) is 54.4 Å². The topological polar surface area (TPSA) is 124 Å². The molecular formula is C33H31N3O5S2. The smallest absolute Gasteiger partial charge is 0.264 e. The van der Waals surface area contributed by atoms with Crippen molar-refractivity contribution in [2.24, 2.45) is 0 Å². The Morgan fingerprint density at radius 3 is 2.51 bits per heavy atom. The van der Waals surface area contributed by atoms with Gasteiger partial charge in [0.2, 0.25) is 0 Å². The van der Waals surface area contributed by atoms with Crippen LogP contribution in [-0.2, 0) is 26.1 Å². The number of pyridine rings is 1. The highest BCUT2D eigenvalue weighted by molar-refractivity contribution is 7.99. The number of hydrogen-bond acceptors (Lipinski definition) is 8. The van der Waals surface area contributed by atoms with Crippen molar-refractivity contribution >= 4 is 44.1 Å². The van der Waals surface area contributed by atoms with Crippen LogP contribution in [0.2, 0.25) is 0 Å². The molecule has 220 valence electrons. The van der Waals surface area contributed by atoms with Gasteiger partial charge in [-0.2, -0.15) is 0 Å². The highest BCUT2D eigenvalue weighted by atomic mass is 32.2. The highest BCUT2D eigenvalue weighted by Gasteiger charge is 2.32. The third-order valence-corrected chi connectivity index (χ3v) is 9.89. The zero-order valence-electron chi connectivity index (χ0n) is 23.2. The number of para-hydroxylation sites is 2. The summed E-state index contributed by atoms with van der Waals surface area (Å²) in [6.07, 6.45) is 1.02. The number of ether oxygens (including phenoxy) is 2. The van der Waals surface area contributed by atoms with E-state index in [1.807, 2.05) is 66.7 Å². The average Bonchev–Trinajstić information content (AvgIpc) is 3.04. The summed E-state index contributed by atoms with van der Waals surface area (Å²) in [5, 5.41) is 10.2. The van der Waals surface area contributed by atoms with Crippen molar-refractivity contribution in [3.63, 3.8) is 0 Å². The Balaban J connectivity index is 1.26. The van der Waals surface area contributed by atoms with Crippen LogP contribution in [0, 0.1) is 0 Å². The summed E-state index contributed by atoms with van der Waals surface area (Å²) in [5.41, 5.74) is 10.2. The third kappa shape index (κ3) is 6.69. The van der Waals surface area contributed by atoms with Crippen LogP contribution in [0.3, 0.4) is 0 Å². The largest absolute Gasteiger partial charge is 0.398 e. The molecule has 1 aliphatic heterocycles. The second-order valence-electron chi connectivity index (χ2n) is 10.3. The molecular weight excluding hydrogens is 583 g/mol. The van der Waals surface area contributed by atoms with Crippen molar-refractivity contribution in [2.45, 2.75) is 41.3 Å². The van der Waals surface area contributed by atoms with E-state index in [2.05, 4.69) is 9.71 Å². The molecule has 0 saturated carbocycles. The molecule has 5 aromatic rings. The lowest BCUT2D eigenvalue weighted by Gasteiger charge is -2.36. The van der Waals surface area contributed by atoms with Gasteiger partial charge in [0.15, 0.2) is 6.29 Å². The van der Waals surface area contributed by atoms with Crippen LogP contribution >= 0.6 is 11.8 Å². The van der Waals surface area contributed by atoms with Crippen LogP contribution in [0.4, 0.5) is 11.4 Å². The number of anilines is 2. The van der Waals surface area contributed by atoms with Gasteiger partial charge < -0.3 is 20.3 Å². The van der Waals surface area contributed by atoms with Gasteiger partial charge in [-0.1, -0.05) is 66.7 Å². The lowest BCUT2D eigenvalue weighted by molar-refractivity contribution is -0.245. The number of benzene rings is 4. The summed E-state index contributed by atoms with van der Waals surface area (Å²) in [4.78, 5) is 5.38. The molecule has 0 aliphatic carbocycles. The third-order valence-electron chi connectivity index (χ3n) is 7.25. The van der Waals surface area contributed by atoms with Crippen molar-refractivity contribution in [3.05, 3.63) is 126 Å². The average molecular weight is 614 g/mol. The summed E-state index contributed by atoms with van der Waals surface area (Å²) in [7, 11) is -3.93. The normalized spacial score (nSPS) is 18.9. The number of hydrogen-bond donors (Lipinski definition) is 3. The summed E-state index contributed by atoms with van der Waals surface area (Å²) >= 11 is 1.63. The lowest BCUT2D eigenvalue weighted by atomic mass is 10.0. The molecule has 3 atom stereocenters. The van der Waals surface area contributed by atoms with Crippen molar-refractivity contribution in [2.75, 3.05) is 16.2 Å². The van der Waals surface area contributed by atoms with Gasteiger partial charge in [0, 0.05) is 45.6 Å². The highest BCUT2D eigenvalue weighted by Crippen LogP contribution is 2.40. The van der Waals surface area contributed by atoms with Crippen LogP contribution in [0.5, 0.6) is 0 Å². The van der Waals surface area contributed by atoms with Crippen LogP contribution in [0.15, 0.2) is 119 Å². The molecule has 8 nitrogen and oxygen atoms in total. The maximum atomic E-state index is 13.4. The fraction of sp³-hybridized carbons (Fsp3) is 0.182. The van der Waals surface area contributed by atoms with E-state index in [0.29, 0.717) is 34.6 Å². The molecule has 4 N–H and O–H groups in total. The number of nitrogen functional groups attached to an aromatic ring is 1. The summed E-state index contributed by atoms with van der Waals surface area (Å²) < 4.78 is 42.5. The van der Waals surface area contributed by atoms with Gasteiger partial charge >= 0.3 is 0 Å². The van der Waals surface area contributed by atoms with Crippen molar-refractivity contribution in [1.29, 1.82) is 0 Å². The maximum Gasteiger partial charge on any atom is 0.264 e. The molecule has 2 heterocycles. The predicted octanol–water partition coefficient (Wildman–Crippen LogP) is 6.45. The zero-order chi connectivity index (χ0) is 29.8. The van der Waals surface area contributed by atoms with Crippen molar-refractivity contribution < 1.29 is 23.0 Å². The number of sulfonamides is 1. The van der Waals surface area contributed by atoms with E-state index >= 15 is 0 Å². The summed E-state index contributed by atoms with van der Waals surface area (Å²) in [6.45, 7) is -0.0349. The first-order valence-electron chi connectivity index (χ1n) is 13.8. The number of thioether (sulfide) groups is 1. The first-order chi connectivity index (χ1) is 20.9. The number of aliphatic hydroxyl groups is 1. The molecule has 10 heteroatoms. The minimum Gasteiger partial charge on any atom is -0.398 e. The van der Waals surface area contributed by atoms with Gasteiger partial charge in [-0.25, -0.2) is 8.42 Å². The Morgan fingerprint density at radius 1 is 0.907 bits per heavy atom. The molecule has 1 saturated heterocycles. The maximum absolute atomic E-state index is 13.4. The predicted molar refractivity (Wildman–Crippen MR) is 169 cm³/mol. The van der Waals surface area contributed by atoms with Crippen LogP contribution < -0.4 is 10.5 Å². The van der Waals surface area contributed by atoms with Gasteiger partial charge in [0.05, 0.1) is 24.3 Å². The molecule has 3 unspecified atom stereocenters. The first-order valence-corrected chi connectivity index (χ1v) is 16.3. The Hall–Kier alpha value is -3.93. The standard InChI is InChI=1S/C33H31N3O5S2/c34-28-10-1-2-11-30(28)42-21-27-19-29(23-15-13-22(20-37)14-16-23)41-33(40-27)25-7-3-9-26(18-25)36-43(38,39)31-12-4-6-24-8-5-17-35-32(24)31/h1-18,27,29,33,36-37H,19-21,34H2. The molecule has 1 aliphatic rings. The van der Waals surface area contributed by atoms with Gasteiger partial charge in [-0.15, -0.1) is 11.8 Å². The fourth-order valence-electron chi connectivity index (χ4n) is 5.07. The molecule has 0 spiro atoms. The number of fused-ring (bicyclic) bond motifs is 1. The summed E-state index contributed by atoms with van der Waals surface area (Å²) in [6, 6.07) is 31.2. The van der Waals surface area contributed by atoms with E-state index in [-0.39, 0.29) is 23.7 Å². The molecule has 43 heavy (non-hydrogen) atoms. The fourth-order valence-corrected chi connectivity index (χ4v) is 7.29. The van der Waals surface area contributed by atoms with E-state index in [1.165, 1.54) is 0 Å². The van der Waals surface area contributed by atoms with Crippen LogP contribution in [0.25, 0.3) is 10.9 Å². The molecule has 0 amide bonds. The van der Waals surface area contributed by atoms with E-state index in [0.717, 1.165) is 21.4 Å². The van der Waals surface area contributed by atoms with Crippen molar-refractivity contribution in [1.82, 2.24) is 4.98 Å². The minimum absolute atomic E-state index is 0.0349. The van der Waals surface area contributed by atoms with Gasteiger partial charge in [0.25, 0.3) is 10.0 Å². The van der Waals surface area contributed by atoms with E-state index < -0.39 is 16.3 Å². The Labute approximate surface area is 254 Å². The number of nitrogens with zero attached hydrogens (tertiary/aromatic N) is 1. The minimum atomic E-state index is -3.93. The van der Waals surface area contributed by atoms with Gasteiger partial charge in [-0.3, -0.25) is 9.71 Å². The monoisotopic (exact) mass is 613 g/mol. The van der Waals surface area contributed by atoms with Crippen LogP contribution in [-0.4, -0.2) is 30.4 Å². The Kier molecular flexibility index (Phi) is 8.64. The summed E-state index contributed by atoms with van der Waals surface area (Å²) in [5.74, 6) is 0.652. The number of rotatable bonds is 9. The molecule has 0 radical (unpaired) electrons. The van der Waals surface area contributed by atoms with E-state index in [4.69, 9.17) is 15.2 Å². The molecule has 6 rings (SSSR count). The van der Waals surface area contributed by atoms with Crippen LogP contribution in [0.1, 0.15) is 35.5 Å². The quantitative estimate of drug-likeness (QED) is 0.128. The SMILES string of the molecule is Nc1ccccc1SCC1CC(c2ccc(CO)cc2)OC(c2cccc(NS(=O)(=O)c3cccc4cccnc34)c2)O1. The second kappa shape index (κ2) is 12.7. The number of nitrogens with one attached hydrogen (secondary N) is 1. The second-order valence-corrected chi connectivity index (χ2v) is 13.0.